The van der Waals surface area contributed by atoms with E-state index in [0.717, 1.165) is 8.52 Å². The summed E-state index contributed by atoms with van der Waals surface area (Å²) in [5.74, 6) is 0. The summed E-state index contributed by atoms with van der Waals surface area (Å²) < 4.78 is 6.45. The summed E-state index contributed by atoms with van der Waals surface area (Å²) in [5.41, 5.74) is 0. The summed E-state index contributed by atoms with van der Waals surface area (Å²) >= 11 is 0. The molecule has 0 heterocycles. The SMILES string of the molecule is CCCCN(CCCC)P=NP.O. The molecule has 0 saturated carbocycles. The fourth-order valence-corrected chi connectivity index (χ4v) is 2.00. The van der Waals surface area contributed by atoms with Crippen LogP contribution in [0.1, 0.15) is 39.5 Å². The molecule has 1 unspecified atom stereocenters. The van der Waals surface area contributed by atoms with Gasteiger partial charge in [0.15, 0.2) is 0 Å². The highest BCUT2D eigenvalue weighted by atomic mass is 31.1. The van der Waals surface area contributed by atoms with Crippen molar-refractivity contribution in [1.82, 2.24) is 4.67 Å². The van der Waals surface area contributed by atoms with E-state index < -0.39 is 0 Å². The predicted molar refractivity (Wildman–Crippen MR) is 64.1 cm³/mol. The largest absolute Gasteiger partial charge is 0.412 e. The Morgan fingerprint density at radius 1 is 1.15 bits per heavy atom. The molecule has 2 N–H and O–H groups in total. The summed E-state index contributed by atoms with van der Waals surface area (Å²) in [4.78, 5) is 0. The minimum Gasteiger partial charge on any atom is -0.412 e. The van der Waals surface area contributed by atoms with Crippen LogP contribution in [0.5, 0.6) is 0 Å². The molecule has 0 aromatic carbocycles. The van der Waals surface area contributed by atoms with Crippen molar-refractivity contribution in [3.8, 4) is 0 Å². The van der Waals surface area contributed by atoms with Gasteiger partial charge < -0.3 is 5.48 Å². The first-order valence-corrected chi connectivity index (χ1v) is 6.02. The van der Waals surface area contributed by atoms with Crippen LogP contribution in [0.4, 0.5) is 0 Å². The maximum absolute atomic E-state index is 4.06. The molecule has 0 aliphatic carbocycles. The lowest BCUT2D eigenvalue weighted by Gasteiger charge is -2.14. The average Bonchev–Trinajstić information content (AvgIpc) is 2.10. The molecule has 0 amide bonds. The van der Waals surface area contributed by atoms with Crippen molar-refractivity contribution in [2.75, 3.05) is 13.1 Å². The Kier molecular flexibility index (Phi) is 15.2. The molecule has 0 radical (unpaired) electrons. The highest BCUT2D eigenvalue weighted by Gasteiger charge is 1.99. The van der Waals surface area contributed by atoms with E-state index in [1.54, 1.807) is 0 Å². The third-order valence-electron chi connectivity index (χ3n) is 1.72. The molecule has 0 aliphatic heterocycles. The summed E-state index contributed by atoms with van der Waals surface area (Å²) in [6.45, 7) is 6.84. The molecular formula is C8H22N2OP2. The zero-order valence-electron chi connectivity index (χ0n) is 8.66. The lowest BCUT2D eigenvalue weighted by molar-refractivity contribution is 0.440. The molecule has 0 aliphatic rings. The van der Waals surface area contributed by atoms with Crippen LogP contribution in [0.2, 0.25) is 0 Å². The lowest BCUT2D eigenvalue weighted by atomic mass is 10.3. The average molecular weight is 224 g/mol. The first-order valence-electron chi connectivity index (χ1n) is 4.70. The first-order chi connectivity index (χ1) is 5.85. The Morgan fingerprint density at radius 2 is 1.62 bits per heavy atom. The molecule has 3 nitrogen and oxygen atoms in total. The van der Waals surface area contributed by atoms with E-state index in [1.165, 1.54) is 38.8 Å². The van der Waals surface area contributed by atoms with Gasteiger partial charge in [0, 0.05) is 13.1 Å². The second-order valence-corrected chi connectivity index (χ2v) is 4.53. The van der Waals surface area contributed by atoms with Gasteiger partial charge in [0.1, 0.15) is 0 Å². The van der Waals surface area contributed by atoms with Gasteiger partial charge in [-0.3, -0.25) is 0 Å². The van der Waals surface area contributed by atoms with Crippen molar-refractivity contribution < 1.29 is 5.48 Å². The molecule has 0 rings (SSSR count). The van der Waals surface area contributed by atoms with Gasteiger partial charge in [-0.05, 0) is 22.2 Å². The normalized spacial score (nSPS) is 10.8. The predicted octanol–water partition coefficient (Wildman–Crippen LogP) is 2.90. The van der Waals surface area contributed by atoms with Gasteiger partial charge in [-0.1, -0.05) is 26.7 Å². The monoisotopic (exact) mass is 224 g/mol. The van der Waals surface area contributed by atoms with Gasteiger partial charge in [0.25, 0.3) is 0 Å². The van der Waals surface area contributed by atoms with Gasteiger partial charge in [-0.25, -0.2) is 9.19 Å². The highest BCUT2D eigenvalue weighted by Crippen LogP contribution is 2.14. The number of unbranched alkanes of at least 4 members (excludes halogenated alkanes) is 2. The third kappa shape index (κ3) is 10.4. The van der Waals surface area contributed by atoms with Crippen LogP contribution in [-0.4, -0.2) is 23.2 Å². The summed E-state index contributed by atoms with van der Waals surface area (Å²) in [7, 11) is 3.54. The van der Waals surface area contributed by atoms with Crippen LogP contribution in [0.15, 0.2) is 4.52 Å². The molecule has 0 fully saturated rings. The molecule has 1 atom stereocenters. The van der Waals surface area contributed by atoms with E-state index >= 15 is 0 Å². The third-order valence-corrected chi connectivity index (χ3v) is 2.78. The fourth-order valence-electron chi connectivity index (χ4n) is 0.956. The maximum atomic E-state index is 4.06. The van der Waals surface area contributed by atoms with E-state index in [2.05, 4.69) is 32.4 Å². The van der Waals surface area contributed by atoms with Crippen LogP contribution in [0, 0.1) is 0 Å². The van der Waals surface area contributed by atoms with Crippen molar-refractivity contribution in [1.29, 1.82) is 0 Å². The van der Waals surface area contributed by atoms with Crippen LogP contribution in [-0.2, 0) is 0 Å². The van der Waals surface area contributed by atoms with Crippen molar-refractivity contribution in [3.05, 3.63) is 0 Å². The molecule has 5 heteroatoms. The Labute approximate surface area is 85.8 Å². The number of hydrogen-bond acceptors (Lipinski definition) is 1. The van der Waals surface area contributed by atoms with E-state index in [4.69, 9.17) is 0 Å². The zero-order valence-corrected chi connectivity index (χ0v) is 10.7. The molecule has 0 aromatic rings. The van der Waals surface area contributed by atoms with Crippen molar-refractivity contribution >= 4 is 17.9 Å². The summed E-state index contributed by atoms with van der Waals surface area (Å²) in [6, 6.07) is 0. The van der Waals surface area contributed by atoms with Crippen LogP contribution >= 0.6 is 17.9 Å². The van der Waals surface area contributed by atoms with Crippen molar-refractivity contribution in [2.24, 2.45) is 4.52 Å². The van der Waals surface area contributed by atoms with Crippen LogP contribution in [0.25, 0.3) is 0 Å². The second kappa shape index (κ2) is 12.4. The van der Waals surface area contributed by atoms with Gasteiger partial charge >= 0.3 is 0 Å². The smallest absolute Gasteiger partial charge is 0.0968 e. The van der Waals surface area contributed by atoms with E-state index in [-0.39, 0.29) is 5.48 Å². The Hall–Kier alpha value is 0.450. The number of nitrogens with zero attached hydrogens (tertiary/aromatic N) is 2. The quantitative estimate of drug-likeness (QED) is 0.613. The molecule has 0 saturated heterocycles. The summed E-state index contributed by atoms with van der Waals surface area (Å²) in [5, 5.41) is 0. The van der Waals surface area contributed by atoms with Crippen LogP contribution in [0.3, 0.4) is 0 Å². The molecule has 0 bridgehead atoms. The maximum Gasteiger partial charge on any atom is 0.0968 e. The van der Waals surface area contributed by atoms with Gasteiger partial charge in [-0.15, -0.1) is 0 Å². The standard InChI is InChI=1S/C8H20N2P2.H2O/c1-3-5-7-10(12-9-11)8-6-4-2;/h3-8,11H2,1-2H3;1H2. The van der Waals surface area contributed by atoms with Gasteiger partial charge in [0.05, 0.1) is 8.52 Å². The topological polar surface area (TPSA) is 47.1 Å². The Bertz CT molecular complexity index is 115. The minimum absolute atomic E-state index is 0. The first kappa shape index (κ1) is 15.9. The number of rotatable bonds is 7. The zero-order chi connectivity index (χ0) is 9.23. The van der Waals surface area contributed by atoms with E-state index in [9.17, 15) is 0 Å². The Balaban J connectivity index is 0. The highest BCUT2D eigenvalue weighted by molar-refractivity contribution is 7.33. The number of hydrogen-bond donors (Lipinski definition) is 0. The molecule has 13 heavy (non-hydrogen) atoms. The fraction of sp³-hybridized carbons (Fsp3) is 1.00. The lowest BCUT2D eigenvalue weighted by Crippen LogP contribution is -2.14. The molecule has 0 spiro atoms. The summed E-state index contributed by atoms with van der Waals surface area (Å²) in [6.07, 6.45) is 5.12. The van der Waals surface area contributed by atoms with Crippen molar-refractivity contribution in [3.63, 3.8) is 0 Å². The van der Waals surface area contributed by atoms with Crippen molar-refractivity contribution in [2.45, 2.75) is 39.5 Å². The molecule has 80 valence electrons. The molecule has 0 aromatic heterocycles. The van der Waals surface area contributed by atoms with E-state index in [0.29, 0.717) is 0 Å². The minimum atomic E-state index is 0. The van der Waals surface area contributed by atoms with Gasteiger partial charge in [-0.2, -0.15) is 0 Å². The molecular weight excluding hydrogens is 202 g/mol. The van der Waals surface area contributed by atoms with Crippen LogP contribution < -0.4 is 0 Å². The van der Waals surface area contributed by atoms with E-state index in [1.807, 2.05) is 0 Å². The second-order valence-electron chi connectivity index (χ2n) is 2.87. The Morgan fingerprint density at radius 3 is 1.92 bits per heavy atom. The van der Waals surface area contributed by atoms with Gasteiger partial charge in [0.2, 0.25) is 0 Å².